The number of rotatable bonds is 3. The molecule has 3 rings (SSSR count). The van der Waals surface area contributed by atoms with E-state index in [4.69, 9.17) is 4.74 Å². The van der Waals surface area contributed by atoms with Crippen LogP contribution < -0.4 is 5.32 Å². The van der Waals surface area contributed by atoms with Gasteiger partial charge in [-0.15, -0.1) is 5.10 Å². The van der Waals surface area contributed by atoms with Crippen LogP contribution in [0.1, 0.15) is 15.4 Å². The first kappa shape index (κ1) is 15.6. The Morgan fingerprint density at radius 1 is 1.35 bits per heavy atom. The first-order valence-corrected chi connectivity index (χ1v) is 7.98. The Morgan fingerprint density at radius 3 is 2.83 bits per heavy atom. The number of aryl methyl sites for hydroxylation is 1. The van der Waals surface area contributed by atoms with Crippen LogP contribution in [0.5, 0.6) is 0 Å². The van der Waals surface area contributed by atoms with Crippen molar-refractivity contribution in [3.8, 4) is 0 Å². The lowest BCUT2D eigenvalue weighted by Gasteiger charge is -2.31. The summed E-state index contributed by atoms with van der Waals surface area (Å²) in [6.45, 7) is 2.74. The third-order valence-corrected chi connectivity index (χ3v) is 4.35. The number of anilines is 1. The number of hydrogen-bond acceptors (Lipinski definition) is 6. The summed E-state index contributed by atoms with van der Waals surface area (Å²) in [6, 6.07) is 9.16. The Morgan fingerprint density at radius 2 is 2.13 bits per heavy atom. The van der Waals surface area contributed by atoms with Crippen molar-refractivity contribution in [3.63, 3.8) is 0 Å². The van der Waals surface area contributed by atoms with Crippen LogP contribution in [0.15, 0.2) is 30.3 Å². The second-order valence-electron chi connectivity index (χ2n) is 5.15. The molecular weight excluding hydrogens is 316 g/mol. The fourth-order valence-corrected chi connectivity index (χ4v) is 2.93. The fourth-order valence-electron chi connectivity index (χ4n) is 2.31. The molecule has 2 amide bonds. The summed E-state index contributed by atoms with van der Waals surface area (Å²) < 4.78 is 9.29. The molecule has 0 bridgehead atoms. The van der Waals surface area contributed by atoms with Crippen molar-refractivity contribution in [3.05, 3.63) is 40.9 Å². The average Bonchev–Trinajstić information content (AvgIpc) is 3.01. The van der Waals surface area contributed by atoms with E-state index < -0.39 is 6.10 Å². The number of nitrogens with zero attached hydrogens (tertiary/aromatic N) is 3. The van der Waals surface area contributed by atoms with Gasteiger partial charge in [0.25, 0.3) is 11.8 Å². The Hall–Kier alpha value is -2.32. The van der Waals surface area contributed by atoms with E-state index in [1.165, 1.54) is 0 Å². The van der Waals surface area contributed by atoms with Gasteiger partial charge in [-0.2, -0.15) is 0 Å². The molecule has 0 aliphatic carbocycles. The van der Waals surface area contributed by atoms with Gasteiger partial charge in [0.15, 0.2) is 6.10 Å². The van der Waals surface area contributed by atoms with E-state index in [1.807, 2.05) is 18.2 Å². The van der Waals surface area contributed by atoms with Crippen LogP contribution in [-0.4, -0.2) is 52.1 Å². The lowest BCUT2D eigenvalue weighted by Crippen LogP contribution is -2.50. The minimum Gasteiger partial charge on any atom is -0.365 e. The first-order chi connectivity index (χ1) is 11.1. The standard InChI is InChI=1S/C15H16N4O3S/c1-10-13(23-18-17-10)15(21)19-7-8-22-12(9-19)14(20)16-11-5-3-2-4-6-11/h2-6,12H,7-9H2,1H3,(H,16,20)/t12-/m1/s1. The van der Waals surface area contributed by atoms with Gasteiger partial charge in [0.05, 0.1) is 18.8 Å². The summed E-state index contributed by atoms with van der Waals surface area (Å²) in [5.74, 6) is -0.411. The van der Waals surface area contributed by atoms with Gasteiger partial charge >= 0.3 is 0 Å². The number of carbonyl (C=O) groups excluding carboxylic acids is 2. The minimum atomic E-state index is -0.686. The van der Waals surface area contributed by atoms with Gasteiger partial charge in [0, 0.05) is 12.2 Å². The zero-order valence-electron chi connectivity index (χ0n) is 12.6. The number of amides is 2. The zero-order valence-corrected chi connectivity index (χ0v) is 13.4. The molecule has 0 spiro atoms. The van der Waals surface area contributed by atoms with Crippen molar-refractivity contribution < 1.29 is 14.3 Å². The molecular formula is C15H16N4O3S. The molecule has 7 nitrogen and oxygen atoms in total. The maximum Gasteiger partial charge on any atom is 0.267 e. The number of ether oxygens (including phenoxy) is 1. The van der Waals surface area contributed by atoms with Crippen LogP contribution >= 0.6 is 11.5 Å². The zero-order chi connectivity index (χ0) is 16.2. The molecule has 120 valence electrons. The Bertz CT molecular complexity index is 704. The number of benzene rings is 1. The van der Waals surface area contributed by atoms with Crippen molar-refractivity contribution in [2.24, 2.45) is 0 Å². The average molecular weight is 332 g/mol. The largest absolute Gasteiger partial charge is 0.365 e. The van der Waals surface area contributed by atoms with Crippen molar-refractivity contribution in [2.45, 2.75) is 13.0 Å². The highest BCUT2D eigenvalue weighted by Crippen LogP contribution is 2.16. The summed E-state index contributed by atoms with van der Waals surface area (Å²) >= 11 is 1.07. The Balaban J connectivity index is 1.65. The summed E-state index contributed by atoms with van der Waals surface area (Å²) in [5, 5.41) is 6.65. The van der Waals surface area contributed by atoms with Crippen LogP contribution in [-0.2, 0) is 9.53 Å². The smallest absolute Gasteiger partial charge is 0.267 e. The van der Waals surface area contributed by atoms with E-state index in [-0.39, 0.29) is 18.4 Å². The van der Waals surface area contributed by atoms with Gasteiger partial charge in [-0.05, 0) is 30.6 Å². The van der Waals surface area contributed by atoms with Crippen molar-refractivity contribution in [1.29, 1.82) is 0 Å². The quantitative estimate of drug-likeness (QED) is 0.916. The maximum absolute atomic E-state index is 12.5. The summed E-state index contributed by atoms with van der Waals surface area (Å²) in [6.07, 6.45) is -0.686. The van der Waals surface area contributed by atoms with Crippen molar-refractivity contribution >= 4 is 29.0 Å². The number of nitrogens with one attached hydrogen (secondary N) is 1. The molecule has 0 saturated carbocycles. The molecule has 0 unspecified atom stereocenters. The number of aromatic nitrogens is 2. The van der Waals surface area contributed by atoms with Crippen LogP contribution in [0.4, 0.5) is 5.69 Å². The van der Waals surface area contributed by atoms with Crippen molar-refractivity contribution in [1.82, 2.24) is 14.5 Å². The number of para-hydroxylation sites is 1. The van der Waals surface area contributed by atoms with Crippen LogP contribution in [0.3, 0.4) is 0 Å². The van der Waals surface area contributed by atoms with Crippen LogP contribution in [0.25, 0.3) is 0 Å². The van der Waals surface area contributed by atoms with E-state index in [0.717, 1.165) is 11.5 Å². The van der Waals surface area contributed by atoms with Gasteiger partial charge in [-0.25, -0.2) is 0 Å². The molecule has 2 heterocycles. The molecule has 1 aliphatic rings. The molecule has 1 fully saturated rings. The third kappa shape index (κ3) is 3.54. The molecule has 0 radical (unpaired) electrons. The van der Waals surface area contributed by atoms with E-state index in [9.17, 15) is 9.59 Å². The second kappa shape index (κ2) is 6.84. The Labute approximate surface area is 137 Å². The number of morpholine rings is 1. The van der Waals surface area contributed by atoms with Gasteiger partial charge in [-0.1, -0.05) is 22.7 Å². The van der Waals surface area contributed by atoms with E-state index in [1.54, 1.807) is 24.0 Å². The molecule has 1 saturated heterocycles. The molecule has 8 heteroatoms. The fraction of sp³-hybridized carbons (Fsp3) is 0.333. The molecule has 1 aromatic carbocycles. The monoisotopic (exact) mass is 332 g/mol. The lowest BCUT2D eigenvalue weighted by molar-refractivity contribution is -0.131. The second-order valence-corrected chi connectivity index (χ2v) is 5.91. The molecule has 2 aromatic rings. The summed E-state index contributed by atoms with van der Waals surface area (Å²) in [4.78, 5) is 26.9. The molecule has 1 aliphatic heterocycles. The van der Waals surface area contributed by atoms with Gasteiger partial charge in [0.2, 0.25) is 0 Å². The minimum absolute atomic E-state index is 0.154. The highest BCUT2D eigenvalue weighted by atomic mass is 32.1. The van der Waals surface area contributed by atoms with Crippen LogP contribution in [0, 0.1) is 6.92 Å². The first-order valence-electron chi connectivity index (χ1n) is 7.21. The highest BCUT2D eigenvalue weighted by Gasteiger charge is 2.31. The third-order valence-electron chi connectivity index (χ3n) is 3.53. The van der Waals surface area contributed by atoms with Gasteiger partial charge < -0.3 is 15.0 Å². The summed E-state index contributed by atoms with van der Waals surface area (Å²) in [5.41, 5.74) is 1.31. The van der Waals surface area contributed by atoms with E-state index in [0.29, 0.717) is 29.4 Å². The number of carbonyl (C=O) groups is 2. The summed E-state index contributed by atoms with van der Waals surface area (Å²) in [7, 11) is 0. The van der Waals surface area contributed by atoms with Crippen molar-refractivity contribution in [2.75, 3.05) is 25.0 Å². The Kier molecular flexibility index (Phi) is 4.63. The normalized spacial score (nSPS) is 17.8. The van der Waals surface area contributed by atoms with Gasteiger partial charge in [0.1, 0.15) is 4.88 Å². The number of hydrogen-bond donors (Lipinski definition) is 1. The van der Waals surface area contributed by atoms with E-state index >= 15 is 0 Å². The topological polar surface area (TPSA) is 84.4 Å². The molecule has 23 heavy (non-hydrogen) atoms. The lowest BCUT2D eigenvalue weighted by atomic mass is 10.2. The molecule has 1 atom stereocenters. The molecule has 1 aromatic heterocycles. The highest BCUT2D eigenvalue weighted by molar-refractivity contribution is 7.07. The SMILES string of the molecule is Cc1nnsc1C(=O)N1CCO[C@@H](C(=O)Nc2ccccc2)C1. The molecule has 1 N–H and O–H groups in total. The predicted octanol–water partition coefficient (Wildman–Crippen LogP) is 1.33. The van der Waals surface area contributed by atoms with Gasteiger partial charge in [-0.3, -0.25) is 9.59 Å². The predicted molar refractivity (Wildman–Crippen MR) is 85.4 cm³/mol. The maximum atomic E-state index is 12.5. The van der Waals surface area contributed by atoms with E-state index in [2.05, 4.69) is 14.9 Å². The van der Waals surface area contributed by atoms with Crippen LogP contribution in [0.2, 0.25) is 0 Å².